The molecule has 1 unspecified atom stereocenters. The lowest BCUT2D eigenvalue weighted by atomic mass is 10.0. The zero-order valence-electron chi connectivity index (χ0n) is 12.4. The van der Waals surface area contributed by atoms with Gasteiger partial charge < -0.3 is 4.74 Å². The normalized spacial score (nSPS) is 16.7. The van der Waals surface area contributed by atoms with Crippen molar-refractivity contribution in [2.45, 2.75) is 18.9 Å². The minimum atomic E-state index is -0.826. The van der Waals surface area contributed by atoms with Crippen LogP contribution in [0.4, 0.5) is 0 Å². The van der Waals surface area contributed by atoms with Crippen LogP contribution >= 0.6 is 0 Å². The van der Waals surface area contributed by atoms with Crippen LogP contribution in [-0.2, 0) is 19.1 Å². The largest absolute Gasteiger partial charge is 0.464 e. The summed E-state index contributed by atoms with van der Waals surface area (Å²) in [5, 5.41) is 2.67. The van der Waals surface area contributed by atoms with Gasteiger partial charge in [0.15, 0.2) is 5.78 Å². The van der Waals surface area contributed by atoms with Gasteiger partial charge in [-0.1, -0.05) is 12.6 Å². The van der Waals surface area contributed by atoms with E-state index in [9.17, 15) is 19.2 Å². The number of pyridine rings is 1. The van der Waals surface area contributed by atoms with Gasteiger partial charge in [0.1, 0.15) is 11.7 Å². The van der Waals surface area contributed by atoms with Crippen molar-refractivity contribution in [3.8, 4) is 0 Å². The zero-order valence-corrected chi connectivity index (χ0v) is 12.4. The Morgan fingerprint density at radius 1 is 1.35 bits per heavy atom. The molecule has 1 fully saturated rings. The first-order valence-electron chi connectivity index (χ1n) is 7.08. The van der Waals surface area contributed by atoms with Crippen LogP contribution in [-0.4, -0.2) is 47.5 Å². The van der Waals surface area contributed by atoms with Gasteiger partial charge in [0, 0.05) is 24.6 Å². The number of rotatable bonds is 8. The number of ketones is 3. The first-order valence-corrected chi connectivity index (χ1v) is 7.08. The molecule has 1 aliphatic heterocycles. The van der Waals surface area contributed by atoms with Gasteiger partial charge in [-0.05, 0) is 12.1 Å². The average Bonchev–Trinajstić information content (AvgIpc) is 2.97. The SMILES string of the molecule is C=C(CC(=O)c1ccccn1)C(=O)C(=O)CNC1CCOC1=O. The molecule has 7 heteroatoms. The summed E-state index contributed by atoms with van der Waals surface area (Å²) in [6.07, 6.45) is 1.65. The van der Waals surface area contributed by atoms with Crippen LogP contribution in [0.5, 0.6) is 0 Å². The number of Topliss-reactive ketones (excluding diaryl/α,β-unsaturated/α-hetero) is 3. The van der Waals surface area contributed by atoms with E-state index in [2.05, 4.69) is 16.9 Å². The van der Waals surface area contributed by atoms with Gasteiger partial charge in [0.05, 0.1) is 13.2 Å². The summed E-state index contributed by atoms with van der Waals surface area (Å²) in [6.45, 7) is 3.50. The van der Waals surface area contributed by atoms with E-state index in [-0.39, 0.29) is 30.0 Å². The van der Waals surface area contributed by atoms with Crippen LogP contribution < -0.4 is 5.32 Å². The van der Waals surface area contributed by atoms with Gasteiger partial charge in [0.2, 0.25) is 11.6 Å². The molecule has 0 spiro atoms. The highest BCUT2D eigenvalue weighted by Gasteiger charge is 2.28. The Hall–Kier alpha value is -2.67. The van der Waals surface area contributed by atoms with Crippen LogP contribution in [0.15, 0.2) is 36.5 Å². The Morgan fingerprint density at radius 2 is 2.13 bits per heavy atom. The molecule has 2 heterocycles. The predicted octanol–water partition coefficient (Wildman–Crippen LogP) is 0.254. The highest BCUT2D eigenvalue weighted by atomic mass is 16.5. The van der Waals surface area contributed by atoms with Gasteiger partial charge in [-0.3, -0.25) is 29.5 Å². The Bertz CT molecular complexity index is 654. The quantitative estimate of drug-likeness (QED) is 0.317. The minimum Gasteiger partial charge on any atom is -0.464 e. The van der Waals surface area contributed by atoms with Crippen LogP contribution in [0, 0.1) is 0 Å². The maximum absolute atomic E-state index is 11.9. The summed E-state index contributed by atoms with van der Waals surface area (Å²) in [6, 6.07) is 4.27. The zero-order chi connectivity index (χ0) is 16.8. The molecule has 1 aliphatic rings. The van der Waals surface area contributed by atoms with Gasteiger partial charge in [0.25, 0.3) is 0 Å². The molecule has 120 valence electrons. The third-order valence-corrected chi connectivity index (χ3v) is 3.34. The number of nitrogens with one attached hydrogen (secondary N) is 1. The fourth-order valence-corrected chi connectivity index (χ4v) is 2.07. The number of hydrogen-bond donors (Lipinski definition) is 1. The molecule has 0 aliphatic carbocycles. The summed E-state index contributed by atoms with van der Waals surface area (Å²) in [5.41, 5.74) is 0.113. The predicted molar refractivity (Wildman–Crippen MR) is 79.7 cm³/mol. The number of carbonyl (C=O) groups is 4. The molecule has 1 aromatic rings. The van der Waals surface area contributed by atoms with E-state index in [1.807, 2.05) is 0 Å². The topological polar surface area (TPSA) is 102 Å². The van der Waals surface area contributed by atoms with E-state index >= 15 is 0 Å². The molecule has 23 heavy (non-hydrogen) atoms. The molecule has 1 N–H and O–H groups in total. The molecular weight excluding hydrogens is 300 g/mol. The fraction of sp³-hybridized carbons (Fsp3) is 0.312. The molecule has 1 saturated heterocycles. The molecule has 0 saturated carbocycles. The smallest absolute Gasteiger partial charge is 0.323 e. The summed E-state index contributed by atoms with van der Waals surface area (Å²) < 4.78 is 4.74. The van der Waals surface area contributed by atoms with Crippen molar-refractivity contribution >= 4 is 23.3 Å². The number of nitrogens with zero attached hydrogens (tertiary/aromatic N) is 1. The van der Waals surface area contributed by atoms with Crippen molar-refractivity contribution < 1.29 is 23.9 Å². The lowest BCUT2D eigenvalue weighted by Crippen LogP contribution is -2.39. The number of esters is 1. The molecule has 0 bridgehead atoms. The second kappa shape index (κ2) is 7.55. The summed E-state index contributed by atoms with van der Waals surface area (Å²) in [5.74, 6) is -2.39. The lowest BCUT2D eigenvalue weighted by Gasteiger charge is -2.08. The summed E-state index contributed by atoms with van der Waals surface area (Å²) in [7, 11) is 0. The Labute approximate surface area is 132 Å². The standard InChI is InChI=1S/C16H16N2O5/c1-10(8-13(19)11-4-2-3-6-17-11)15(21)14(20)9-18-12-5-7-23-16(12)22/h2-4,6,12,18H,1,5,7-9H2. The molecule has 1 atom stereocenters. The van der Waals surface area contributed by atoms with Crippen LogP contribution in [0.1, 0.15) is 23.3 Å². The summed E-state index contributed by atoms with van der Waals surface area (Å²) in [4.78, 5) is 50.8. The molecule has 7 nitrogen and oxygen atoms in total. The molecular formula is C16H16N2O5. The van der Waals surface area contributed by atoms with Gasteiger partial charge >= 0.3 is 5.97 Å². The number of hydrogen-bond acceptors (Lipinski definition) is 7. The number of aromatic nitrogens is 1. The van der Waals surface area contributed by atoms with Crippen molar-refractivity contribution in [2.75, 3.05) is 13.2 Å². The Kier molecular flexibility index (Phi) is 5.48. The fourth-order valence-electron chi connectivity index (χ4n) is 2.07. The van der Waals surface area contributed by atoms with Gasteiger partial charge in [-0.25, -0.2) is 0 Å². The van der Waals surface area contributed by atoms with Gasteiger partial charge in [-0.15, -0.1) is 0 Å². The molecule has 1 aromatic heterocycles. The number of cyclic esters (lactones) is 1. The van der Waals surface area contributed by atoms with E-state index in [0.717, 1.165) is 0 Å². The molecule has 0 amide bonds. The number of allylic oxidation sites excluding steroid dienone is 1. The van der Waals surface area contributed by atoms with E-state index in [4.69, 9.17) is 4.74 Å². The first-order chi connectivity index (χ1) is 11.0. The second-order valence-electron chi connectivity index (χ2n) is 5.06. The maximum Gasteiger partial charge on any atom is 0.323 e. The lowest BCUT2D eigenvalue weighted by molar-refractivity contribution is -0.140. The Morgan fingerprint density at radius 3 is 2.74 bits per heavy atom. The third kappa shape index (κ3) is 4.40. The van der Waals surface area contributed by atoms with Crippen molar-refractivity contribution in [1.82, 2.24) is 10.3 Å². The molecule has 0 aromatic carbocycles. The van der Waals surface area contributed by atoms with Crippen molar-refractivity contribution in [1.29, 1.82) is 0 Å². The minimum absolute atomic E-state index is 0.0959. The van der Waals surface area contributed by atoms with Crippen LogP contribution in [0.25, 0.3) is 0 Å². The maximum atomic E-state index is 11.9. The summed E-state index contributed by atoms with van der Waals surface area (Å²) >= 11 is 0. The van der Waals surface area contributed by atoms with Crippen LogP contribution in [0.2, 0.25) is 0 Å². The van der Waals surface area contributed by atoms with E-state index < -0.39 is 23.6 Å². The first kappa shape index (κ1) is 16.7. The van der Waals surface area contributed by atoms with E-state index in [0.29, 0.717) is 13.0 Å². The molecule has 2 rings (SSSR count). The Balaban J connectivity index is 1.84. The highest BCUT2D eigenvalue weighted by Crippen LogP contribution is 2.08. The number of carbonyl (C=O) groups excluding carboxylic acids is 4. The van der Waals surface area contributed by atoms with Crippen molar-refractivity contribution in [3.63, 3.8) is 0 Å². The average molecular weight is 316 g/mol. The van der Waals surface area contributed by atoms with E-state index in [1.54, 1.807) is 12.1 Å². The van der Waals surface area contributed by atoms with E-state index in [1.165, 1.54) is 12.3 Å². The van der Waals surface area contributed by atoms with Gasteiger partial charge in [-0.2, -0.15) is 0 Å². The second-order valence-corrected chi connectivity index (χ2v) is 5.06. The third-order valence-electron chi connectivity index (χ3n) is 3.34. The van der Waals surface area contributed by atoms with Crippen molar-refractivity contribution in [3.05, 3.63) is 42.2 Å². The monoisotopic (exact) mass is 316 g/mol. The molecule has 0 radical (unpaired) electrons. The number of ether oxygens (including phenoxy) is 1. The highest BCUT2D eigenvalue weighted by molar-refractivity contribution is 6.44. The van der Waals surface area contributed by atoms with Crippen molar-refractivity contribution in [2.24, 2.45) is 0 Å². The van der Waals surface area contributed by atoms with Crippen LogP contribution in [0.3, 0.4) is 0 Å².